The van der Waals surface area contributed by atoms with Crippen molar-refractivity contribution in [1.29, 1.82) is 0 Å². The molecule has 2 aromatic carbocycles. The summed E-state index contributed by atoms with van der Waals surface area (Å²) in [6.45, 7) is 1.54. The van der Waals surface area contributed by atoms with E-state index in [0.717, 1.165) is 12.1 Å². The molecule has 0 radical (unpaired) electrons. The SMILES string of the molecule is COc1ccc(S(=O)(=O)C(F)(F)F)cc1NC(=O)c1cc([N+](=O)[O-])ccc1N1CCOCC1. The van der Waals surface area contributed by atoms with Crippen LogP contribution in [0.25, 0.3) is 0 Å². The highest BCUT2D eigenvalue weighted by Crippen LogP contribution is 2.35. The molecular weight excluding hydrogens is 471 g/mol. The van der Waals surface area contributed by atoms with Gasteiger partial charge >= 0.3 is 5.51 Å². The van der Waals surface area contributed by atoms with Crippen molar-refractivity contribution in [2.45, 2.75) is 10.4 Å². The lowest BCUT2D eigenvalue weighted by molar-refractivity contribution is -0.384. The molecule has 0 saturated carbocycles. The van der Waals surface area contributed by atoms with Gasteiger partial charge in [-0.3, -0.25) is 14.9 Å². The first-order valence-electron chi connectivity index (χ1n) is 9.37. The zero-order valence-electron chi connectivity index (χ0n) is 17.1. The average molecular weight is 489 g/mol. The van der Waals surface area contributed by atoms with Gasteiger partial charge in [0.2, 0.25) is 0 Å². The first-order valence-corrected chi connectivity index (χ1v) is 10.9. The lowest BCUT2D eigenvalue weighted by Gasteiger charge is -2.30. The molecule has 33 heavy (non-hydrogen) atoms. The summed E-state index contributed by atoms with van der Waals surface area (Å²) in [4.78, 5) is 24.2. The number of rotatable bonds is 6. The third-order valence-electron chi connectivity index (χ3n) is 4.82. The molecule has 0 aliphatic carbocycles. The first-order chi connectivity index (χ1) is 15.5. The fourth-order valence-electron chi connectivity index (χ4n) is 3.17. The van der Waals surface area contributed by atoms with E-state index in [0.29, 0.717) is 44.1 Å². The highest BCUT2D eigenvalue weighted by molar-refractivity contribution is 7.92. The number of benzene rings is 2. The molecule has 1 N–H and O–H groups in total. The van der Waals surface area contributed by atoms with Gasteiger partial charge in [0.05, 0.1) is 47.1 Å². The molecule has 3 rings (SSSR count). The van der Waals surface area contributed by atoms with E-state index in [1.165, 1.54) is 19.2 Å². The quantitative estimate of drug-likeness (QED) is 0.485. The van der Waals surface area contributed by atoms with Crippen LogP contribution in [0.1, 0.15) is 10.4 Å². The summed E-state index contributed by atoms with van der Waals surface area (Å²) in [5, 5.41) is 13.5. The van der Waals surface area contributed by atoms with Gasteiger partial charge < -0.3 is 19.7 Å². The molecule has 14 heteroatoms. The summed E-state index contributed by atoms with van der Waals surface area (Å²) in [6, 6.07) is 5.92. The second kappa shape index (κ2) is 9.23. The number of nitro groups is 1. The Morgan fingerprint density at radius 3 is 2.42 bits per heavy atom. The minimum Gasteiger partial charge on any atom is -0.495 e. The number of morpholine rings is 1. The fourth-order valence-corrected chi connectivity index (χ4v) is 3.96. The molecule has 2 aromatic rings. The van der Waals surface area contributed by atoms with E-state index >= 15 is 0 Å². The van der Waals surface area contributed by atoms with Crippen molar-refractivity contribution in [1.82, 2.24) is 0 Å². The number of nitrogens with zero attached hydrogens (tertiary/aromatic N) is 2. The minimum absolute atomic E-state index is 0.108. The van der Waals surface area contributed by atoms with Gasteiger partial charge in [0, 0.05) is 25.2 Å². The smallest absolute Gasteiger partial charge is 0.495 e. The second-order valence-corrected chi connectivity index (χ2v) is 8.76. The molecule has 0 spiro atoms. The van der Waals surface area contributed by atoms with Crippen LogP contribution in [-0.2, 0) is 14.6 Å². The molecule has 1 aliphatic heterocycles. The highest BCUT2D eigenvalue weighted by Gasteiger charge is 2.47. The number of nitro benzene ring substituents is 1. The number of hydrogen-bond donors (Lipinski definition) is 1. The summed E-state index contributed by atoms with van der Waals surface area (Å²) in [7, 11) is -4.51. The number of amides is 1. The molecule has 1 amide bonds. The summed E-state index contributed by atoms with van der Waals surface area (Å²) >= 11 is 0. The monoisotopic (exact) mass is 489 g/mol. The Labute approximate surface area is 186 Å². The zero-order chi connectivity index (χ0) is 24.4. The van der Waals surface area contributed by atoms with E-state index in [4.69, 9.17) is 9.47 Å². The van der Waals surface area contributed by atoms with Gasteiger partial charge in [-0.15, -0.1) is 0 Å². The predicted octanol–water partition coefficient (Wildman–Crippen LogP) is 2.99. The maximum atomic E-state index is 13.1. The van der Waals surface area contributed by atoms with Crippen molar-refractivity contribution in [3.05, 3.63) is 52.1 Å². The molecule has 1 aliphatic rings. The third-order valence-corrected chi connectivity index (χ3v) is 6.31. The number of halogens is 3. The molecule has 0 atom stereocenters. The molecule has 178 valence electrons. The highest BCUT2D eigenvalue weighted by atomic mass is 32.2. The second-order valence-electron chi connectivity index (χ2n) is 6.82. The van der Waals surface area contributed by atoms with Gasteiger partial charge in [-0.2, -0.15) is 13.2 Å². The fraction of sp³-hybridized carbons (Fsp3) is 0.316. The van der Waals surface area contributed by atoms with Crippen LogP contribution in [0.2, 0.25) is 0 Å². The predicted molar refractivity (Wildman–Crippen MR) is 110 cm³/mol. The van der Waals surface area contributed by atoms with Crippen LogP contribution in [0, 0.1) is 10.1 Å². The summed E-state index contributed by atoms with van der Waals surface area (Å²) in [5.74, 6) is -1.01. The summed E-state index contributed by atoms with van der Waals surface area (Å²) < 4.78 is 72.7. The number of non-ortho nitro benzene ring substituents is 1. The van der Waals surface area contributed by atoms with Crippen molar-refractivity contribution in [3.63, 3.8) is 0 Å². The summed E-state index contributed by atoms with van der Waals surface area (Å²) in [5.41, 5.74) is -6.06. The number of ether oxygens (including phenoxy) is 2. The van der Waals surface area contributed by atoms with Crippen LogP contribution in [0.5, 0.6) is 5.75 Å². The minimum atomic E-state index is -5.69. The first kappa shape index (κ1) is 24.3. The largest absolute Gasteiger partial charge is 0.501 e. The van der Waals surface area contributed by atoms with Crippen molar-refractivity contribution in [2.75, 3.05) is 43.6 Å². The van der Waals surface area contributed by atoms with E-state index in [1.54, 1.807) is 4.90 Å². The summed E-state index contributed by atoms with van der Waals surface area (Å²) in [6.07, 6.45) is 0. The third kappa shape index (κ3) is 5.01. The van der Waals surface area contributed by atoms with E-state index in [1.807, 2.05) is 0 Å². The Balaban J connectivity index is 2.03. The van der Waals surface area contributed by atoms with Crippen molar-refractivity contribution in [3.8, 4) is 5.75 Å². The van der Waals surface area contributed by atoms with Gasteiger partial charge in [0.15, 0.2) is 0 Å². The molecule has 0 aromatic heterocycles. The van der Waals surface area contributed by atoms with Gasteiger partial charge in [-0.05, 0) is 24.3 Å². The maximum absolute atomic E-state index is 13.1. The van der Waals surface area contributed by atoms with Gasteiger partial charge in [0.25, 0.3) is 21.4 Å². The van der Waals surface area contributed by atoms with Gasteiger partial charge in [-0.1, -0.05) is 0 Å². The number of methoxy groups -OCH3 is 1. The lowest BCUT2D eigenvalue weighted by Crippen LogP contribution is -2.37. The van der Waals surface area contributed by atoms with Gasteiger partial charge in [-0.25, -0.2) is 8.42 Å². The van der Waals surface area contributed by atoms with Crippen LogP contribution in [0.15, 0.2) is 41.3 Å². The Hall–Kier alpha value is -3.39. The number of carbonyl (C=O) groups is 1. The van der Waals surface area contributed by atoms with Crippen molar-refractivity contribution in [2.24, 2.45) is 0 Å². The van der Waals surface area contributed by atoms with Gasteiger partial charge in [0.1, 0.15) is 5.75 Å². The lowest BCUT2D eigenvalue weighted by atomic mass is 10.1. The van der Waals surface area contributed by atoms with Crippen LogP contribution in [-0.4, -0.2) is 58.2 Å². The zero-order valence-corrected chi connectivity index (χ0v) is 17.9. The van der Waals surface area contributed by atoms with Crippen LogP contribution < -0.4 is 15.0 Å². The Bertz CT molecular complexity index is 1180. The number of nitrogens with one attached hydrogen (secondary N) is 1. The normalized spacial score (nSPS) is 14.6. The molecular formula is C19H18F3N3O7S. The molecule has 1 fully saturated rings. The Morgan fingerprint density at radius 1 is 1.18 bits per heavy atom. The van der Waals surface area contributed by atoms with Crippen LogP contribution >= 0.6 is 0 Å². The molecule has 10 nitrogen and oxygen atoms in total. The standard InChI is InChI=1S/C19H18F3N3O7S/c1-31-17-5-3-13(33(29,30)19(20,21)22)11-15(17)23-18(26)14-10-12(25(27)28)2-4-16(14)24-6-8-32-9-7-24/h2-5,10-11H,6-9H2,1H3,(H,23,26). The topological polar surface area (TPSA) is 128 Å². The van der Waals surface area contributed by atoms with Crippen LogP contribution in [0.3, 0.4) is 0 Å². The van der Waals surface area contributed by atoms with Crippen LogP contribution in [0.4, 0.5) is 30.2 Å². The molecule has 0 unspecified atom stereocenters. The number of carbonyl (C=O) groups excluding carboxylic acids is 1. The molecule has 1 heterocycles. The van der Waals surface area contributed by atoms with Crippen molar-refractivity contribution >= 4 is 32.8 Å². The number of sulfone groups is 1. The molecule has 1 saturated heterocycles. The van der Waals surface area contributed by atoms with Crippen molar-refractivity contribution < 1.29 is 40.8 Å². The molecule has 0 bridgehead atoms. The number of anilines is 2. The number of hydrogen-bond acceptors (Lipinski definition) is 8. The average Bonchev–Trinajstić information content (AvgIpc) is 2.78. The van der Waals surface area contributed by atoms with E-state index in [2.05, 4.69) is 5.32 Å². The Morgan fingerprint density at radius 2 is 1.85 bits per heavy atom. The van der Waals surface area contributed by atoms with E-state index < -0.39 is 31.1 Å². The Kier molecular flexibility index (Phi) is 6.78. The maximum Gasteiger partial charge on any atom is 0.501 e. The number of alkyl halides is 3. The van der Waals surface area contributed by atoms with E-state index in [9.17, 15) is 36.5 Å². The van der Waals surface area contributed by atoms with E-state index in [-0.39, 0.29) is 22.7 Å².